The monoisotopic (exact) mass is 377 g/mol. The second kappa shape index (κ2) is 6.92. The van der Waals surface area contributed by atoms with Gasteiger partial charge in [-0.15, -0.1) is 0 Å². The molecule has 2 heterocycles. The highest BCUT2D eigenvalue weighted by molar-refractivity contribution is 5.95. The average molecular weight is 377 g/mol. The molecule has 0 bridgehead atoms. The molecule has 0 fully saturated rings. The molecule has 0 aliphatic rings. The van der Waals surface area contributed by atoms with E-state index in [1.807, 2.05) is 6.92 Å². The van der Waals surface area contributed by atoms with Crippen LogP contribution in [-0.2, 0) is 0 Å². The number of hydrogen-bond donors (Lipinski definition) is 3. The molecule has 5 N–H and O–H groups in total. The van der Waals surface area contributed by atoms with Gasteiger partial charge in [0.2, 0.25) is 0 Å². The van der Waals surface area contributed by atoms with E-state index in [0.29, 0.717) is 29.0 Å². The Morgan fingerprint density at radius 1 is 1.30 bits per heavy atom. The predicted octanol–water partition coefficient (Wildman–Crippen LogP) is 2.90. The second-order valence-corrected chi connectivity index (χ2v) is 6.01. The fourth-order valence-electron chi connectivity index (χ4n) is 2.79. The van der Waals surface area contributed by atoms with Crippen LogP contribution in [0, 0.1) is 0 Å². The highest BCUT2D eigenvalue weighted by Gasteiger charge is 2.38. The summed E-state index contributed by atoms with van der Waals surface area (Å²) in [4.78, 5) is 16.2. The number of carbonyl (C=O) groups excluding carboxylic acids is 1. The van der Waals surface area contributed by atoms with E-state index in [-0.39, 0.29) is 17.2 Å². The molecule has 0 radical (unpaired) electrons. The summed E-state index contributed by atoms with van der Waals surface area (Å²) >= 11 is 0. The molecule has 0 saturated heterocycles. The minimum Gasteiger partial charge on any atom is -0.398 e. The number of rotatable bonds is 4. The lowest BCUT2D eigenvalue weighted by Crippen LogP contribution is -2.29. The summed E-state index contributed by atoms with van der Waals surface area (Å²) < 4.78 is 40.2. The van der Waals surface area contributed by atoms with Gasteiger partial charge in [-0.05, 0) is 25.1 Å². The third-order valence-electron chi connectivity index (χ3n) is 4.18. The lowest BCUT2D eigenvalue weighted by atomic mass is 10.0. The Bertz CT molecular complexity index is 996. The van der Waals surface area contributed by atoms with Gasteiger partial charge in [0.05, 0.1) is 11.9 Å². The molecule has 3 rings (SSSR count). The highest BCUT2D eigenvalue weighted by atomic mass is 19.4. The quantitative estimate of drug-likeness (QED) is 0.609. The zero-order valence-corrected chi connectivity index (χ0v) is 14.4. The van der Waals surface area contributed by atoms with Crippen molar-refractivity contribution in [2.45, 2.75) is 19.1 Å². The zero-order valence-electron chi connectivity index (χ0n) is 14.4. The van der Waals surface area contributed by atoms with Gasteiger partial charge in [0, 0.05) is 35.1 Å². The van der Waals surface area contributed by atoms with Crippen molar-refractivity contribution in [3.05, 3.63) is 53.9 Å². The van der Waals surface area contributed by atoms with E-state index in [1.165, 1.54) is 18.2 Å². The summed E-state index contributed by atoms with van der Waals surface area (Å²) in [5, 5.41) is 2.71. The molecule has 1 atom stereocenters. The SMILES string of the molecule is CCNC(=O)c1ccn2c(-c3ccc(C(N)C(F)(F)F)c(N)c3)cnc2c1. The lowest BCUT2D eigenvalue weighted by Gasteiger charge is -2.18. The number of pyridine rings is 1. The molecule has 3 aromatic rings. The highest BCUT2D eigenvalue weighted by Crippen LogP contribution is 2.35. The Hall–Kier alpha value is -3.07. The molecule has 0 aliphatic heterocycles. The summed E-state index contributed by atoms with van der Waals surface area (Å²) in [5.74, 6) is -0.209. The standard InChI is InChI=1S/C18H18F3N5O/c1-2-24-17(27)11-5-6-26-14(9-25-15(26)8-11)10-3-4-12(13(22)7-10)16(23)18(19,20)21/h3-9,16H,2,22-23H2,1H3,(H,24,27). The predicted molar refractivity (Wildman–Crippen MR) is 96.0 cm³/mol. The number of benzene rings is 1. The van der Waals surface area contributed by atoms with E-state index in [0.717, 1.165) is 0 Å². The normalized spacial score (nSPS) is 12.9. The molecule has 1 aromatic carbocycles. The first kappa shape index (κ1) is 18.7. The molecule has 9 heteroatoms. The van der Waals surface area contributed by atoms with Crippen molar-refractivity contribution in [1.82, 2.24) is 14.7 Å². The van der Waals surface area contributed by atoms with E-state index in [1.54, 1.807) is 28.9 Å². The van der Waals surface area contributed by atoms with Gasteiger partial charge in [-0.2, -0.15) is 13.2 Å². The van der Waals surface area contributed by atoms with Crippen molar-refractivity contribution < 1.29 is 18.0 Å². The molecule has 1 amide bonds. The van der Waals surface area contributed by atoms with Gasteiger partial charge in [0.25, 0.3) is 5.91 Å². The molecule has 0 spiro atoms. The molecule has 0 aliphatic carbocycles. The molecule has 2 aromatic heterocycles. The number of anilines is 1. The third kappa shape index (κ3) is 3.59. The molecule has 142 valence electrons. The minimum absolute atomic E-state index is 0.0498. The Morgan fingerprint density at radius 2 is 2.04 bits per heavy atom. The number of nitrogen functional groups attached to an aromatic ring is 1. The molecule has 0 saturated carbocycles. The number of alkyl halides is 3. The summed E-state index contributed by atoms with van der Waals surface area (Å²) in [6.07, 6.45) is -1.34. The van der Waals surface area contributed by atoms with Crippen molar-refractivity contribution >= 4 is 17.2 Å². The molecular formula is C18H18F3N5O. The molecular weight excluding hydrogens is 359 g/mol. The smallest absolute Gasteiger partial charge is 0.398 e. The topological polar surface area (TPSA) is 98.4 Å². The van der Waals surface area contributed by atoms with E-state index in [4.69, 9.17) is 11.5 Å². The third-order valence-corrected chi connectivity index (χ3v) is 4.18. The Balaban J connectivity index is 1.98. The Kier molecular flexibility index (Phi) is 4.79. The molecule has 1 unspecified atom stereocenters. The number of nitrogens with one attached hydrogen (secondary N) is 1. The van der Waals surface area contributed by atoms with Crippen LogP contribution in [0.4, 0.5) is 18.9 Å². The number of hydrogen-bond acceptors (Lipinski definition) is 4. The first-order valence-corrected chi connectivity index (χ1v) is 8.19. The largest absolute Gasteiger partial charge is 0.407 e. The van der Waals surface area contributed by atoms with Crippen molar-refractivity contribution in [3.63, 3.8) is 0 Å². The van der Waals surface area contributed by atoms with Crippen LogP contribution in [-0.4, -0.2) is 28.0 Å². The number of carbonyl (C=O) groups is 1. The van der Waals surface area contributed by atoms with Crippen LogP contribution in [0.15, 0.2) is 42.7 Å². The summed E-state index contributed by atoms with van der Waals surface area (Å²) in [7, 11) is 0. The second-order valence-electron chi connectivity index (χ2n) is 6.01. The maximum absolute atomic E-state index is 12.8. The number of nitrogens with two attached hydrogens (primary N) is 2. The van der Waals surface area contributed by atoms with Gasteiger partial charge in [0.1, 0.15) is 11.7 Å². The molecule has 6 nitrogen and oxygen atoms in total. The first-order chi connectivity index (χ1) is 12.7. The number of imidazole rings is 1. The van der Waals surface area contributed by atoms with Gasteiger partial charge in [-0.1, -0.05) is 12.1 Å². The fraction of sp³-hybridized carbons (Fsp3) is 0.222. The summed E-state index contributed by atoms with van der Waals surface area (Å²) in [6.45, 7) is 2.33. The van der Waals surface area contributed by atoms with Crippen LogP contribution < -0.4 is 16.8 Å². The Labute approximate surface area is 153 Å². The van der Waals surface area contributed by atoms with Crippen LogP contribution in [0.2, 0.25) is 0 Å². The maximum atomic E-state index is 12.8. The van der Waals surface area contributed by atoms with Gasteiger partial charge >= 0.3 is 6.18 Å². The summed E-state index contributed by atoms with van der Waals surface area (Å²) in [5.41, 5.74) is 13.0. The number of nitrogens with zero attached hydrogens (tertiary/aromatic N) is 2. The van der Waals surface area contributed by atoms with E-state index >= 15 is 0 Å². The van der Waals surface area contributed by atoms with Crippen LogP contribution >= 0.6 is 0 Å². The number of fused-ring (bicyclic) bond motifs is 1. The van der Waals surface area contributed by atoms with Crippen LogP contribution in [0.1, 0.15) is 28.9 Å². The maximum Gasteiger partial charge on any atom is 0.407 e. The van der Waals surface area contributed by atoms with Gasteiger partial charge in [-0.25, -0.2) is 4.98 Å². The van der Waals surface area contributed by atoms with Gasteiger partial charge in [0.15, 0.2) is 0 Å². The lowest BCUT2D eigenvalue weighted by molar-refractivity contribution is -0.149. The average Bonchev–Trinajstić information content (AvgIpc) is 3.03. The Morgan fingerprint density at radius 3 is 2.67 bits per heavy atom. The van der Waals surface area contributed by atoms with Crippen molar-refractivity contribution in [2.75, 3.05) is 12.3 Å². The van der Waals surface area contributed by atoms with Crippen LogP contribution in [0.25, 0.3) is 16.9 Å². The number of aromatic nitrogens is 2. The fourth-order valence-corrected chi connectivity index (χ4v) is 2.79. The van der Waals surface area contributed by atoms with E-state index in [2.05, 4.69) is 10.3 Å². The van der Waals surface area contributed by atoms with Crippen LogP contribution in [0.5, 0.6) is 0 Å². The van der Waals surface area contributed by atoms with Gasteiger partial charge in [-0.3, -0.25) is 9.20 Å². The first-order valence-electron chi connectivity index (χ1n) is 8.19. The van der Waals surface area contributed by atoms with Crippen molar-refractivity contribution in [2.24, 2.45) is 5.73 Å². The number of halogens is 3. The van der Waals surface area contributed by atoms with E-state index in [9.17, 15) is 18.0 Å². The van der Waals surface area contributed by atoms with Crippen molar-refractivity contribution in [3.8, 4) is 11.3 Å². The molecule has 27 heavy (non-hydrogen) atoms. The summed E-state index contributed by atoms with van der Waals surface area (Å²) in [6, 6.07) is 5.34. The van der Waals surface area contributed by atoms with Crippen molar-refractivity contribution in [1.29, 1.82) is 0 Å². The van der Waals surface area contributed by atoms with Crippen LogP contribution in [0.3, 0.4) is 0 Å². The minimum atomic E-state index is -4.57. The number of amides is 1. The zero-order chi connectivity index (χ0) is 19.8. The van der Waals surface area contributed by atoms with E-state index < -0.39 is 12.2 Å². The van der Waals surface area contributed by atoms with Gasteiger partial charge < -0.3 is 16.8 Å².